The van der Waals surface area contributed by atoms with Crippen molar-refractivity contribution in [2.24, 2.45) is 5.10 Å². The van der Waals surface area contributed by atoms with Gasteiger partial charge in [0.05, 0.1) is 30.1 Å². The van der Waals surface area contributed by atoms with Crippen LogP contribution < -0.4 is 5.43 Å². The summed E-state index contributed by atoms with van der Waals surface area (Å²) in [4.78, 5) is 21.2. The number of halogens is 4. The Morgan fingerprint density at radius 2 is 1.91 bits per heavy atom. The van der Waals surface area contributed by atoms with E-state index in [1.807, 2.05) is 24.3 Å². The van der Waals surface area contributed by atoms with E-state index in [0.29, 0.717) is 24.1 Å². The molecule has 0 aliphatic carbocycles. The van der Waals surface area contributed by atoms with E-state index in [4.69, 9.17) is 0 Å². The number of aromatic nitrogens is 2. The second-order valence-electron chi connectivity index (χ2n) is 7.87. The van der Waals surface area contributed by atoms with Crippen molar-refractivity contribution in [1.29, 1.82) is 0 Å². The minimum Gasteiger partial charge on any atom is -0.328 e. The molecule has 33 heavy (non-hydrogen) atoms. The van der Waals surface area contributed by atoms with E-state index in [0.717, 1.165) is 23.0 Å². The number of nitrogens with one attached hydrogen (secondary N) is 1. The van der Waals surface area contributed by atoms with Crippen LogP contribution in [0.2, 0.25) is 0 Å². The third kappa shape index (κ3) is 4.04. The molecule has 1 amide bonds. The number of hydrazone groups is 1. The van der Waals surface area contributed by atoms with E-state index in [9.17, 15) is 22.4 Å². The van der Waals surface area contributed by atoms with E-state index in [1.54, 1.807) is 6.07 Å². The fraction of sp³-hybridized carbons (Fsp3) is 0.217. The summed E-state index contributed by atoms with van der Waals surface area (Å²) in [5.41, 5.74) is 6.88. The molecule has 1 aromatic heterocycles. The summed E-state index contributed by atoms with van der Waals surface area (Å²) in [6, 6.07) is 12.1. The predicted octanol–water partition coefficient (Wildman–Crippen LogP) is 3.84. The van der Waals surface area contributed by atoms with Gasteiger partial charge in [-0.3, -0.25) is 4.79 Å². The molecule has 5 rings (SSSR count). The molecule has 168 valence electrons. The maximum Gasteiger partial charge on any atom is 0.451 e. The van der Waals surface area contributed by atoms with Crippen LogP contribution in [-0.4, -0.2) is 26.5 Å². The van der Waals surface area contributed by atoms with Gasteiger partial charge < -0.3 is 10.3 Å². The summed E-state index contributed by atoms with van der Waals surface area (Å²) in [5.74, 6) is -2.58. The van der Waals surface area contributed by atoms with Crippen LogP contribution in [0.15, 0.2) is 53.8 Å². The van der Waals surface area contributed by atoms with Crippen molar-refractivity contribution in [3.8, 4) is 0 Å². The number of hydrogen-bond donors (Lipinski definition) is 1. The number of carbonyl (C=O) groups is 1. The van der Waals surface area contributed by atoms with E-state index >= 15 is 0 Å². The summed E-state index contributed by atoms with van der Waals surface area (Å²) in [5, 5.41) is 4.37. The highest BCUT2D eigenvalue weighted by molar-refractivity contribution is 6.03. The lowest BCUT2D eigenvalue weighted by atomic mass is 9.96. The van der Waals surface area contributed by atoms with Gasteiger partial charge >= 0.3 is 6.18 Å². The zero-order valence-electron chi connectivity index (χ0n) is 17.2. The van der Waals surface area contributed by atoms with E-state index in [-0.39, 0.29) is 24.3 Å². The molecule has 0 fully saturated rings. The Morgan fingerprint density at radius 1 is 1.09 bits per heavy atom. The number of alkyl halides is 3. The van der Waals surface area contributed by atoms with Gasteiger partial charge in [-0.05, 0) is 23.3 Å². The van der Waals surface area contributed by atoms with Crippen molar-refractivity contribution in [3.63, 3.8) is 0 Å². The molecule has 0 radical (unpaired) electrons. The Labute approximate surface area is 186 Å². The van der Waals surface area contributed by atoms with Crippen LogP contribution in [0.5, 0.6) is 0 Å². The van der Waals surface area contributed by atoms with Crippen LogP contribution in [0.1, 0.15) is 44.1 Å². The first-order chi connectivity index (χ1) is 15.8. The van der Waals surface area contributed by atoms with Gasteiger partial charge in [-0.2, -0.15) is 18.3 Å². The third-order valence-electron chi connectivity index (χ3n) is 5.64. The quantitative estimate of drug-likeness (QED) is 0.610. The molecule has 1 N–H and O–H groups in total. The van der Waals surface area contributed by atoms with Gasteiger partial charge in [-0.15, -0.1) is 0 Å². The molecule has 0 bridgehead atoms. The monoisotopic (exact) mass is 455 g/mol. The molecule has 3 aromatic rings. The average Bonchev–Trinajstić information content (AvgIpc) is 3.23. The highest BCUT2D eigenvalue weighted by atomic mass is 19.4. The van der Waals surface area contributed by atoms with Gasteiger partial charge in [0.15, 0.2) is 0 Å². The molecule has 3 heterocycles. The van der Waals surface area contributed by atoms with Gasteiger partial charge in [-0.25, -0.2) is 14.4 Å². The zero-order valence-corrected chi connectivity index (χ0v) is 17.2. The summed E-state index contributed by atoms with van der Waals surface area (Å²) in [7, 11) is 0. The van der Waals surface area contributed by atoms with Crippen molar-refractivity contribution in [2.75, 3.05) is 0 Å². The Hall–Kier alpha value is -3.82. The lowest BCUT2D eigenvalue weighted by Crippen LogP contribution is -2.27. The van der Waals surface area contributed by atoms with Crippen LogP contribution in [0.3, 0.4) is 0 Å². The van der Waals surface area contributed by atoms with E-state index < -0.39 is 23.7 Å². The van der Waals surface area contributed by atoms with E-state index in [2.05, 4.69) is 20.5 Å². The first-order valence-electron chi connectivity index (χ1n) is 10.2. The highest BCUT2D eigenvalue weighted by Crippen LogP contribution is 2.30. The van der Waals surface area contributed by atoms with Gasteiger partial charge in [0.1, 0.15) is 5.82 Å². The van der Waals surface area contributed by atoms with Crippen LogP contribution in [0.25, 0.3) is 0 Å². The lowest BCUT2D eigenvalue weighted by Gasteiger charge is -2.19. The molecule has 0 saturated heterocycles. The van der Waals surface area contributed by atoms with Gasteiger partial charge in [0, 0.05) is 30.3 Å². The second-order valence-corrected chi connectivity index (χ2v) is 7.87. The second kappa shape index (κ2) is 7.95. The molecule has 2 aliphatic heterocycles. The molecule has 2 aliphatic rings. The molecule has 0 spiro atoms. The standard InChI is InChI=1S/C23H17F4N5O/c24-18-6-5-13(8-19-16-4-2-1-3-14(16)10-29-31-19)7-17(18)21(33)32-11-15-9-28-22(23(25,26)27)30-20(15)12-32/h1-7,9,29H,8,10-12H2. The smallest absolute Gasteiger partial charge is 0.328 e. The summed E-state index contributed by atoms with van der Waals surface area (Å²) in [6.45, 7) is 0.481. The van der Waals surface area contributed by atoms with Gasteiger partial charge in [0.2, 0.25) is 5.82 Å². The topological polar surface area (TPSA) is 70.5 Å². The van der Waals surface area contributed by atoms with Crippen LogP contribution in [0.4, 0.5) is 17.6 Å². The van der Waals surface area contributed by atoms with Crippen molar-refractivity contribution < 1.29 is 22.4 Å². The maximum absolute atomic E-state index is 14.6. The number of rotatable bonds is 3. The average molecular weight is 455 g/mol. The van der Waals surface area contributed by atoms with Gasteiger partial charge in [-0.1, -0.05) is 30.3 Å². The SMILES string of the molecule is O=C(c1cc(CC2=NNCc3ccccc32)ccc1F)N1Cc2cnc(C(F)(F)F)nc2C1. The zero-order chi connectivity index (χ0) is 23.2. The van der Waals surface area contributed by atoms with Crippen LogP contribution in [0, 0.1) is 5.82 Å². The van der Waals surface area contributed by atoms with Gasteiger partial charge in [0.25, 0.3) is 5.91 Å². The summed E-state index contributed by atoms with van der Waals surface area (Å²) in [6.07, 6.45) is -3.23. The normalized spacial score (nSPS) is 14.9. The largest absolute Gasteiger partial charge is 0.451 e. The maximum atomic E-state index is 14.6. The molecule has 2 aromatic carbocycles. The first-order valence-corrected chi connectivity index (χ1v) is 10.2. The number of carbonyl (C=O) groups excluding carboxylic acids is 1. The fourth-order valence-electron chi connectivity index (χ4n) is 4.01. The molecule has 0 atom stereocenters. The minimum atomic E-state index is -4.68. The van der Waals surface area contributed by atoms with Crippen molar-refractivity contribution in [3.05, 3.63) is 93.8 Å². The van der Waals surface area contributed by atoms with Crippen molar-refractivity contribution in [1.82, 2.24) is 20.3 Å². The molecule has 10 heteroatoms. The lowest BCUT2D eigenvalue weighted by molar-refractivity contribution is -0.145. The Morgan fingerprint density at radius 3 is 2.73 bits per heavy atom. The number of nitrogens with zero attached hydrogens (tertiary/aromatic N) is 4. The molecule has 6 nitrogen and oxygen atoms in total. The van der Waals surface area contributed by atoms with Crippen LogP contribution >= 0.6 is 0 Å². The Balaban J connectivity index is 1.37. The minimum absolute atomic E-state index is 0.0139. The third-order valence-corrected chi connectivity index (χ3v) is 5.64. The number of benzene rings is 2. The number of fused-ring (bicyclic) bond motifs is 2. The van der Waals surface area contributed by atoms with Crippen LogP contribution in [-0.2, 0) is 32.2 Å². The van der Waals surface area contributed by atoms with Crippen molar-refractivity contribution >= 4 is 11.6 Å². The molecule has 0 unspecified atom stereocenters. The Bertz CT molecular complexity index is 1290. The molecular weight excluding hydrogens is 438 g/mol. The number of amides is 1. The molecule has 0 saturated carbocycles. The molecular formula is C23H17F4N5O. The number of hydrogen-bond acceptors (Lipinski definition) is 5. The summed E-state index contributed by atoms with van der Waals surface area (Å²) >= 11 is 0. The first kappa shape index (κ1) is 21.0. The van der Waals surface area contributed by atoms with E-state index in [1.165, 1.54) is 17.0 Å². The Kier molecular flexibility index (Phi) is 5.07. The predicted molar refractivity (Wildman–Crippen MR) is 111 cm³/mol. The summed E-state index contributed by atoms with van der Waals surface area (Å²) < 4.78 is 53.2. The van der Waals surface area contributed by atoms with Crippen molar-refractivity contribution in [2.45, 2.75) is 32.2 Å². The highest BCUT2D eigenvalue weighted by Gasteiger charge is 2.37. The fourth-order valence-corrected chi connectivity index (χ4v) is 4.01.